The highest BCUT2D eigenvalue weighted by molar-refractivity contribution is 5.98. The van der Waals surface area contributed by atoms with Crippen molar-refractivity contribution in [2.24, 2.45) is 17.6 Å². The van der Waals surface area contributed by atoms with Crippen molar-refractivity contribution in [3.8, 4) is 11.5 Å². The Kier molecular flexibility index (Phi) is 7.99. The lowest BCUT2D eigenvalue weighted by Gasteiger charge is -2.20. The van der Waals surface area contributed by atoms with Crippen LogP contribution in [0.3, 0.4) is 0 Å². The average molecular weight is 373 g/mol. The first-order chi connectivity index (χ1) is 11.5. The molecule has 1 aliphatic rings. The number of rotatable bonds is 6. The highest BCUT2D eigenvalue weighted by atomic mass is 35.5. The second-order valence-corrected chi connectivity index (χ2v) is 5.77. The van der Waals surface area contributed by atoms with E-state index in [1.54, 1.807) is 0 Å². The number of esters is 1. The van der Waals surface area contributed by atoms with Gasteiger partial charge in [-0.25, -0.2) is 4.79 Å². The molecule has 1 amide bonds. The van der Waals surface area contributed by atoms with Crippen LogP contribution in [0, 0.1) is 11.8 Å². The number of amides is 1. The smallest absolute Gasteiger partial charge is 0.338 e. The third kappa shape index (κ3) is 4.55. The summed E-state index contributed by atoms with van der Waals surface area (Å²) >= 11 is 0. The maximum absolute atomic E-state index is 12.6. The maximum atomic E-state index is 12.6. The molecule has 3 N–H and O–H groups in total. The molecule has 0 spiro atoms. The second-order valence-electron chi connectivity index (χ2n) is 5.77. The van der Waals surface area contributed by atoms with E-state index < -0.39 is 5.97 Å². The molecule has 0 unspecified atom stereocenters. The Morgan fingerprint density at radius 2 is 1.92 bits per heavy atom. The number of halogens is 1. The first kappa shape index (κ1) is 21.1. The van der Waals surface area contributed by atoms with E-state index in [2.05, 4.69) is 5.32 Å². The summed E-state index contributed by atoms with van der Waals surface area (Å²) in [5.41, 5.74) is 6.40. The van der Waals surface area contributed by atoms with Gasteiger partial charge in [-0.3, -0.25) is 4.79 Å². The molecule has 25 heavy (non-hydrogen) atoms. The molecule has 1 fully saturated rings. The highest BCUT2D eigenvalue weighted by Crippen LogP contribution is 2.38. The SMILES string of the molecule is COC(=O)c1cc(NC(=O)[C@@H]2CCC[C@@H]2CN)c(OC)c(OC)c1.Cl. The van der Waals surface area contributed by atoms with E-state index >= 15 is 0 Å². The number of methoxy groups -OCH3 is 3. The standard InChI is InChI=1S/C17H24N2O5.ClH/c1-22-14-8-11(17(21)24-3)7-13(15(14)23-2)19-16(20)12-6-4-5-10(12)9-18;/h7-8,10,12H,4-6,9,18H2,1-3H3,(H,19,20);1H/t10-,12-;/m1./s1. The minimum Gasteiger partial charge on any atom is -0.493 e. The van der Waals surface area contributed by atoms with E-state index in [9.17, 15) is 9.59 Å². The molecular formula is C17H25ClN2O5. The Hall–Kier alpha value is -1.99. The normalized spacial score (nSPS) is 18.9. The Labute approximate surface area is 153 Å². The van der Waals surface area contributed by atoms with Crippen LogP contribution >= 0.6 is 12.4 Å². The zero-order valence-electron chi connectivity index (χ0n) is 14.7. The molecule has 0 bridgehead atoms. The molecule has 0 saturated heterocycles. The molecule has 7 nitrogen and oxygen atoms in total. The predicted molar refractivity (Wildman–Crippen MR) is 96.6 cm³/mol. The summed E-state index contributed by atoms with van der Waals surface area (Å²) in [4.78, 5) is 24.4. The van der Waals surface area contributed by atoms with E-state index in [1.165, 1.54) is 33.5 Å². The number of hydrogen-bond donors (Lipinski definition) is 2. The lowest BCUT2D eigenvalue weighted by atomic mass is 9.95. The molecule has 140 valence electrons. The fourth-order valence-electron chi connectivity index (χ4n) is 3.18. The number of nitrogens with one attached hydrogen (secondary N) is 1. The van der Waals surface area contributed by atoms with Crippen LogP contribution in [0.25, 0.3) is 0 Å². The Morgan fingerprint density at radius 1 is 1.20 bits per heavy atom. The minimum absolute atomic E-state index is 0. The second kappa shape index (κ2) is 9.48. The molecule has 1 aromatic carbocycles. The summed E-state index contributed by atoms with van der Waals surface area (Å²) in [6.07, 6.45) is 2.75. The number of carbonyl (C=O) groups is 2. The molecule has 0 aromatic heterocycles. The van der Waals surface area contributed by atoms with E-state index in [-0.39, 0.29) is 35.7 Å². The summed E-state index contributed by atoms with van der Waals surface area (Å²) in [6, 6.07) is 3.04. The zero-order chi connectivity index (χ0) is 17.7. The number of anilines is 1. The van der Waals surface area contributed by atoms with E-state index in [0.717, 1.165) is 19.3 Å². The summed E-state index contributed by atoms with van der Waals surface area (Å²) in [5.74, 6) is 0.116. The van der Waals surface area contributed by atoms with Gasteiger partial charge in [-0.1, -0.05) is 6.42 Å². The topological polar surface area (TPSA) is 99.9 Å². The monoisotopic (exact) mass is 372 g/mol. The molecule has 8 heteroatoms. The van der Waals surface area contributed by atoms with Crippen molar-refractivity contribution < 1.29 is 23.8 Å². The summed E-state index contributed by atoms with van der Waals surface area (Å²) in [6.45, 7) is 0.487. The van der Waals surface area contributed by atoms with Gasteiger partial charge in [0.2, 0.25) is 5.91 Å². The Bertz CT molecular complexity index is 623. The zero-order valence-corrected chi connectivity index (χ0v) is 15.5. The van der Waals surface area contributed by atoms with Crippen molar-refractivity contribution in [3.63, 3.8) is 0 Å². The molecule has 2 rings (SSSR count). The molecule has 1 saturated carbocycles. The van der Waals surface area contributed by atoms with Crippen LogP contribution in [0.4, 0.5) is 5.69 Å². The molecule has 1 aliphatic carbocycles. The minimum atomic E-state index is -0.521. The third-order valence-corrected chi connectivity index (χ3v) is 4.46. The number of hydrogen-bond acceptors (Lipinski definition) is 6. The van der Waals surface area contributed by atoms with Crippen molar-refractivity contribution in [2.75, 3.05) is 33.2 Å². The van der Waals surface area contributed by atoms with Gasteiger partial charge in [-0.15, -0.1) is 12.4 Å². The lowest BCUT2D eigenvalue weighted by Crippen LogP contribution is -2.30. The van der Waals surface area contributed by atoms with Crippen molar-refractivity contribution in [1.29, 1.82) is 0 Å². The molecular weight excluding hydrogens is 348 g/mol. The number of carbonyl (C=O) groups excluding carboxylic acids is 2. The summed E-state index contributed by atoms with van der Waals surface area (Å²) in [5, 5.41) is 2.85. The van der Waals surface area contributed by atoms with E-state index in [0.29, 0.717) is 23.7 Å². The lowest BCUT2D eigenvalue weighted by molar-refractivity contribution is -0.120. The molecule has 0 heterocycles. The van der Waals surface area contributed by atoms with Gasteiger partial charge in [0.15, 0.2) is 11.5 Å². The van der Waals surface area contributed by atoms with Gasteiger partial charge in [0, 0.05) is 5.92 Å². The number of nitrogens with two attached hydrogens (primary N) is 1. The van der Waals surface area contributed by atoms with Crippen LogP contribution in [-0.2, 0) is 9.53 Å². The van der Waals surface area contributed by atoms with Crippen LogP contribution in [0.5, 0.6) is 11.5 Å². The largest absolute Gasteiger partial charge is 0.493 e. The highest BCUT2D eigenvalue weighted by Gasteiger charge is 2.32. The van der Waals surface area contributed by atoms with Crippen LogP contribution in [0.1, 0.15) is 29.6 Å². The quantitative estimate of drug-likeness (QED) is 0.743. The van der Waals surface area contributed by atoms with Crippen LogP contribution < -0.4 is 20.5 Å². The molecule has 2 atom stereocenters. The van der Waals surface area contributed by atoms with Gasteiger partial charge in [0.05, 0.1) is 32.6 Å². The molecule has 0 radical (unpaired) electrons. The van der Waals surface area contributed by atoms with Crippen LogP contribution in [0.2, 0.25) is 0 Å². The van der Waals surface area contributed by atoms with Crippen LogP contribution in [-0.4, -0.2) is 39.8 Å². The van der Waals surface area contributed by atoms with Crippen molar-refractivity contribution in [3.05, 3.63) is 17.7 Å². The first-order valence-electron chi connectivity index (χ1n) is 7.91. The maximum Gasteiger partial charge on any atom is 0.338 e. The van der Waals surface area contributed by atoms with Crippen molar-refractivity contribution >= 4 is 30.0 Å². The van der Waals surface area contributed by atoms with Gasteiger partial charge < -0.3 is 25.3 Å². The number of benzene rings is 1. The fraction of sp³-hybridized carbons (Fsp3) is 0.529. The predicted octanol–water partition coefficient (Wildman–Crippen LogP) is 2.23. The summed E-state index contributed by atoms with van der Waals surface area (Å²) in [7, 11) is 4.23. The van der Waals surface area contributed by atoms with E-state index in [4.69, 9.17) is 19.9 Å². The Morgan fingerprint density at radius 3 is 2.48 bits per heavy atom. The van der Waals surface area contributed by atoms with Crippen LogP contribution in [0.15, 0.2) is 12.1 Å². The van der Waals surface area contributed by atoms with Gasteiger partial charge in [-0.2, -0.15) is 0 Å². The fourth-order valence-corrected chi connectivity index (χ4v) is 3.18. The van der Waals surface area contributed by atoms with Gasteiger partial charge >= 0.3 is 5.97 Å². The molecule has 1 aromatic rings. The van der Waals surface area contributed by atoms with Gasteiger partial charge in [0.1, 0.15) is 0 Å². The van der Waals surface area contributed by atoms with Gasteiger partial charge in [-0.05, 0) is 37.4 Å². The van der Waals surface area contributed by atoms with Gasteiger partial charge in [0.25, 0.3) is 0 Å². The van der Waals surface area contributed by atoms with E-state index in [1.807, 2.05) is 0 Å². The first-order valence-corrected chi connectivity index (χ1v) is 7.91. The average Bonchev–Trinajstić information content (AvgIpc) is 3.09. The number of ether oxygens (including phenoxy) is 3. The van der Waals surface area contributed by atoms with Crippen molar-refractivity contribution in [2.45, 2.75) is 19.3 Å². The Balaban J connectivity index is 0.00000312. The van der Waals surface area contributed by atoms with Crippen molar-refractivity contribution in [1.82, 2.24) is 0 Å². The third-order valence-electron chi connectivity index (χ3n) is 4.46. The summed E-state index contributed by atoms with van der Waals surface area (Å²) < 4.78 is 15.3. The molecule has 0 aliphatic heterocycles.